The summed E-state index contributed by atoms with van der Waals surface area (Å²) in [4.78, 5) is 24.6. The topological polar surface area (TPSA) is 58.2 Å². The Morgan fingerprint density at radius 2 is 1.60 bits per heavy atom. The smallest absolute Gasteiger partial charge is 0.255 e. The van der Waals surface area contributed by atoms with Gasteiger partial charge in [-0.05, 0) is 54.1 Å². The standard InChI is InChI=1S/C23H20F2N2O2S/c24-19-10-8-16(9-11-19)23(29)27-20-6-3-5-17(14-20)22(28)26-12-13-30-15-18-4-1-2-7-21(18)25/h1-11,14H,12-13,15H2,(H,26,28)(H,27,29). The molecule has 0 heterocycles. The van der Waals surface area contributed by atoms with Crippen LogP contribution in [0, 0.1) is 11.6 Å². The van der Waals surface area contributed by atoms with Gasteiger partial charge in [-0.25, -0.2) is 8.78 Å². The van der Waals surface area contributed by atoms with Crippen molar-refractivity contribution in [2.24, 2.45) is 0 Å². The van der Waals surface area contributed by atoms with Crippen molar-refractivity contribution in [3.63, 3.8) is 0 Å². The quantitative estimate of drug-likeness (QED) is 0.505. The molecule has 0 radical (unpaired) electrons. The summed E-state index contributed by atoms with van der Waals surface area (Å²) >= 11 is 1.53. The highest BCUT2D eigenvalue weighted by molar-refractivity contribution is 7.98. The molecule has 7 heteroatoms. The monoisotopic (exact) mass is 426 g/mol. The molecule has 0 bridgehead atoms. The second-order valence-electron chi connectivity index (χ2n) is 6.44. The third-order valence-electron chi connectivity index (χ3n) is 4.24. The molecule has 0 spiro atoms. The molecule has 0 saturated carbocycles. The average molecular weight is 426 g/mol. The first kappa shape index (κ1) is 21.5. The summed E-state index contributed by atoms with van der Waals surface area (Å²) in [7, 11) is 0. The first-order valence-electron chi connectivity index (χ1n) is 9.29. The van der Waals surface area contributed by atoms with Crippen molar-refractivity contribution < 1.29 is 18.4 Å². The van der Waals surface area contributed by atoms with Crippen molar-refractivity contribution >= 4 is 29.3 Å². The zero-order valence-electron chi connectivity index (χ0n) is 16.0. The molecule has 0 atom stereocenters. The second-order valence-corrected chi connectivity index (χ2v) is 7.55. The van der Waals surface area contributed by atoms with E-state index < -0.39 is 11.7 Å². The van der Waals surface area contributed by atoms with Crippen LogP contribution in [0.25, 0.3) is 0 Å². The molecule has 30 heavy (non-hydrogen) atoms. The molecule has 0 unspecified atom stereocenters. The van der Waals surface area contributed by atoms with Crippen LogP contribution >= 0.6 is 11.8 Å². The predicted octanol–water partition coefficient (Wildman–Crippen LogP) is 4.88. The Bertz CT molecular complexity index is 1030. The van der Waals surface area contributed by atoms with E-state index in [9.17, 15) is 18.4 Å². The highest BCUT2D eigenvalue weighted by Crippen LogP contribution is 2.15. The van der Waals surface area contributed by atoms with Gasteiger partial charge < -0.3 is 10.6 Å². The van der Waals surface area contributed by atoms with Crippen molar-refractivity contribution in [2.45, 2.75) is 5.75 Å². The van der Waals surface area contributed by atoms with Crippen LogP contribution < -0.4 is 10.6 Å². The summed E-state index contributed by atoms with van der Waals surface area (Å²) in [6.07, 6.45) is 0. The summed E-state index contributed by atoms with van der Waals surface area (Å²) in [5.74, 6) is -0.128. The number of hydrogen-bond donors (Lipinski definition) is 2. The fourth-order valence-electron chi connectivity index (χ4n) is 2.68. The SMILES string of the molecule is O=C(NCCSCc1ccccc1F)c1cccc(NC(=O)c2ccc(F)cc2)c1. The number of hydrogen-bond acceptors (Lipinski definition) is 3. The first-order chi connectivity index (χ1) is 14.5. The van der Waals surface area contributed by atoms with Crippen molar-refractivity contribution in [3.8, 4) is 0 Å². The number of amides is 2. The molecular formula is C23H20F2N2O2S. The van der Waals surface area contributed by atoms with Crippen LogP contribution in [0.4, 0.5) is 14.5 Å². The molecular weight excluding hydrogens is 406 g/mol. The summed E-state index contributed by atoms with van der Waals surface area (Å²) in [6, 6.07) is 18.4. The van der Waals surface area contributed by atoms with Gasteiger partial charge in [0.15, 0.2) is 0 Å². The maximum atomic E-state index is 13.6. The molecule has 0 aliphatic heterocycles. The van der Waals surface area contributed by atoms with Gasteiger partial charge in [0, 0.05) is 34.9 Å². The second kappa shape index (κ2) is 10.5. The van der Waals surface area contributed by atoms with E-state index in [1.54, 1.807) is 42.5 Å². The lowest BCUT2D eigenvalue weighted by molar-refractivity contribution is 0.0954. The van der Waals surface area contributed by atoms with Gasteiger partial charge in [0.1, 0.15) is 11.6 Å². The van der Waals surface area contributed by atoms with Crippen LogP contribution in [0.1, 0.15) is 26.3 Å². The molecule has 4 nitrogen and oxygen atoms in total. The van der Waals surface area contributed by atoms with E-state index in [1.807, 2.05) is 0 Å². The lowest BCUT2D eigenvalue weighted by atomic mass is 10.1. The Kier molecular flexibility index (Phi) is 7.57. The van der Waals surface area contributed by atoms with Crippen LogP contribution in [-0.4, -0.2) is 24.1 Å². The number of rotatable bonds is 8. The van der Waals surface area contributed by atoms with Gasteiger partial charge >= 0.3 is 0 Å². The number of carbonyl (C=O) groups is 2. The molecule has 3 rings (SSSR count). The molecule has 0 aliphatic carbocycles. The Labute approximate surface area is 177 Å². The van der Waals surface area contributed by atoms with Crippen LogP contribution in [0.15, 0.2) is 72.8 Å². The summed E-state index contributed by atoms with van der Waals surface area (Å²) in [5, 5.41) is 5.50. The van der Waals surface area contributed by atoms with Crippen molar-refractivity contribution in [1.82, 2.24) is 5.32 Å². The molecule has 0 aromatic heterocycles. The van der Waals surface area contributed by atoms with Crippen LogP contribution in [0.5, 0.6) is 0 Å². The largest absolute Gasteiger partial charge is 0.351 e. The molecule has 2 N–H and O–H groups in total. The lowest BCUT2D eigenvalue weighted by Crippen LogP contribution is -2.26. The molecule has 0 aliphatic rings. The number of thioether (sulfide) groups is 1. The number of benzene rings is 3. The van der Waals surface area contributed by atoms with E-state index in [1.165, 1.54) is 42.1 Å². The van der Waals surface area contributed by atoms with Gasteiger partial charge in [0.05, 0.1) is 0 Å². The van der Waals surface area contributed by atoms with E-state index in [0.717, 1.165) is 0 Å². The minimum Gasteiger partial charge on any atom is -0.351 e. The Morgan fingerprint density at radius 3 is 2.37 bits per heavy atom. The van der Waals surface area contributed by atoms with Crippen molar-refractivity contribution in [1.29, 1.82) is 0 Å². The zero-order chi connectivity index (χ0) is 21.3. The molecule has 2 amide bonds. The fraction of sp³-hybridized carbons (Fsp3) is 0.130. The average Bonchev–Trinajstić information content (AvgIpc) is 2.75. The van der Waals surface area contributed by atoms with E-state index in [0.29, 0.717) is 40.4 Å². The third-order valence-corrected chi connectivity index (χ3v) is 5.24. The van der Waals surface area contributed by atoms with E-state index in [4.69, 9.17) is 0 Å². The minimum absolute atomic E-state index is 0.228. The lowest BCUT2D eigenvalue weighted by Gasteiger charge is -2.09. The van der Waals surface area contributed by atoms with Crippen LogP contribution in [0.2, 0.25) is 0 Å². The van der Waals surface area contributed by atoms with Gasteiger partial charge in [-0.3, -0.25) is 9.59 Å². The minimum atomic E-state index is -0.419. The highest BCUT2D eigenvalue weighted by atomic mass is 32.2. The zero-order valence-corrected chi connectivity index (χ0v) is 16.8. The van der Waals surface area contributed by atoms with Gasteiger partial charge in [0.2, 0.25) is 0 Å². The molecule has 0 fully saturated rings. The summed E-state index contributed by atoms with van der Waals surface area (Å²) < 4.78 is 26.6. The predicted molar refractivity (Wildman–Crippen MR) is 116 cm³/mol. The van der Waals surface area contributed by atoms with E-state index in [2.05, 4.69) is 10.6 Å². The van der Waals surface area contributed by atoms with E-state index >= 15 is 0 Å². The van der Waals surface area contributed by atoms with Crippen molar-refractivity contribution in [2.75, 3.05) is 17.6 Å². The van der Waals surface area contributed by atoms with Gasteiger partial charge in [-0.15, -0.1) is 0 Å². The molecule has 0 saturated heterocycles. The third kappa shape index (κ3) is 6.15. The molecule has 154 valence electrons. The van der Waals surface area contributed by atoms with Gasteiger partial charge in [-0.1, -0.05) is 24.3 Å². The van der Waals surface area contributed by atoms with Gasteiger partial charge in [-0.2, -0.15) is 11.8 Å². The maximum Gasteiger partial charge on any atom is 0.255 e. The Hall–Kier alpha value is -3.19. The normalized spacial score (nSPS) is 10.5. The number of carbonyl (C=O) groups excluding carboxylic acids is 2. The summed E-state index contributed by atoms with van der Waals surface area (Å²) in [6.45, 7) is 0.435. The van der Waals surface area contributed by atoms with Crippen molar-refractivity contribution in [3.05, 3.63) is 101 Å². The highest BCUT2D eigenvalue weighted by Gasteiger charge is 2.09. The number of halogens is 2. The molecule has 3 aromatic carbocycles. The van der Waals surface area contributed by atoms with E-state index in [-0.39, 0.29) is 11.7 Å². The van der Waals surface area contributed by atoms with Crippen LogP contribution in [-0.2, 0) is 5.75 Å². The van der Waals surface area contributed by atoms with Crippen LogP contribution in [0.3, 0.4) is 0 Å². The number of anilines is 1. The van der Waals surface area contributed by atoms with Gasteiger partial charge in [0.25, 0.3) is 11.8 Å². The molecule has 3 aromatic rings. The Balaban J connectivity index is 1.47. The number of nitrogens with one attached hydrogen (secondary N) is 2. The fourth-order valence-corrected chi connectivity index (χ4v) is 3.52. The maximum absolute atomic E-state index is 13.6. The Morgan fingerprint density at radius 1 is 0.833 bits per heavy atom. The first-order valence-corrected chi connectivity index (χ1v) is 10.4. The summed E-state index contributed by atoms with van der Waals surface area (Å²) in [5.41, 5.74) is 1.83.